The maximum Gasteiger partial charge on any atom is 0.267 e. The van der Waals surface area contributed by atoms with Crippen LogP contribution in [0.25, 0.3) is 65.5 Å². The van der Waals surface area contributed by atoms with Crippen LogP contribution >= 0.6 is 34.0 Å². The van der Waals surface area contributed by atoms with Crippen molar-refractivity contribution in [2.75, 3.05) is 62.9 Å². The first-order valence-corrected chi connectivity index (χ1v) is 42.4. The number of hydrogen-bond acceptors (Lipinski definition) is 24. The molecule has 39 heteroatoms. The molecule has 117 heavy (non-hydrogen) atoms. The van der Waals surface area contributed by atoms with E-state index in [1.165, 1.54) is 89.7 Å². The number of hydrogen-bond donors (Lipinski definition) is 8. The van der Waals surface area contributed by atoms with Gasteiger partial charge in [-0.3, -0.25) is 19.0 Å². The summed E-state index contributed by atoms with van der Waals surface area (Å²) in [6.45, 7) is 20.6. The number of carbonyl (C=O) groups is 1. The Balaban J connectivity index is 0.000000185. The minimum absolute atomic E-state index is 0.00353. The lowest BCUT2D eigenvalue weighted by Gasteiger charge is -2.14. The summed E-state index contributed by atoms with van der Waals surface area (Å²) >= 11 is 3.92. The van der Waals surface area contributed by atoms with Crippen LogP contribution < -0.4 is 35.9 Å². The maximum atomic E-state index is 15.9. The molecule has 0 aliphatic rings. The number of carbonyl (C=O) groups excluding carboxylic acids is 1. The molecule has 0 fully saturated rings. The molecule has 6 aromatic heterocycles. The van der Waals surface area contributed by atoms with Gasteiger partial charge in [-0.2, -0.15) is 0 Å². The van der Waals surface area contributed by atoms with E-state index in [0.717, 1.165) is 72.8 Å². The molecule has 0 unspecified atom stereocenters. The van der Waals surface area contributed by atoms with Crippen LogP contribution in [0.2, 0.25) is 0 Å². The molecule has 0 radical (unpaired) electrons. The van der Waals surface area contributed by atoms with Gasteiger partial charge in [0.15, 0.2) is 32.1 Å². The number of benzene rings is 6. The van der Waals surface area contributed by atoms with E-state index in [-0.39, 0.29) is 63.9 Å². The smallest absolute Gasteiger partial charge is 0.267 e. The van der Waals surface area contributed by atoms with Crippen LogP contribution in [-0.2, 0) is 51.1 Å². The van der Waals surface area contributed by atoms with Crippen molar-refractivity contribution < 1.29 is 74.7 Å². The van der Waals surface area contributed by atoms with Crippen LogP contribution in [0.1, 0.15) is 97.1 Å². The molecule has 0 aliphatic heterocycles. The van der Waals surface area contributed by atoms with Gasteiger partial charge in [0.1, 0.15) is 40.7 Å². The lowest BCUT2D eigenvalue weighted by atomic mass is 9.98. The topological polar surface area (TPSA) is 354 Å². The Morgan fingerprint density at radius 1 is 0.402 bits per heavy atom. The Hall–Kier alpha value is -10.9. The third-order valence-corrected chi connectivity index (χ3v) is 25.1. The van der Waals surface area contributed by atoms with Gasteiger partial charge in [-0.25, -0.2) is 110 Å². The minimum Gasteiger partial charge on any atom is -0.396 e. The second kappa shape index (κ2) is 36.7. The Morgan fingerprint density at radius 2 is 0.675 bits per heavy atom. The zero-order valence-electron chi connectivity index (χ0n) is 64.1. The van der Waals surface area contributed by atoms with Gasteiger partial charge in [0.05, 0.1) is 80.9 Å². The molecule has 616 valence electrons. The van der Waals surface area contributed by atoms with Gasteiger partial charge in [0.25, 0.3) is 30.1 Å². The van der Waals surface area contributed by atoms with Gasteiger partial charge in [0.2, 0.25) is 17.8 Å². The summed E-state index contributed by atoms with van der Waals surface area (Å²) in [7, 11) is -14.4. The lowest BCUT2D eigenvalue weighted by molar-refractivity contribution is -0.116. The number of thiazole rings is 3. The minimum atomic E-state index is -4.81. The van der Waals surface area contributed by atoms with Crippen molar-refractivity contribution in [2.24, 2.45) is 5.73 Å². The first-order valence-electron chi connectivity index (χ1n) is 35.5. The number of nitrogens with two attached hydrogens (primary N) is 1. The van der Waals surface area contributed by atoms with Gasteiger partial charge in [-0.1, -0.05) is 98.7 Å². The number of anilines is 6. The van der Waals surface area contributed by atoms with E-state index in [1.54, 1.807) is 24.4 Å². The number of sulfonamides is 3. The van der Waals surface area contributed by atoms with Crippen LogP contribution in [0.3, 0.4) is 0 Å². The van der Waals surface area contributed by atoms with Crippen molar-refractivity contribution in [3.8, 4) is 65.5 Å². The summed E-state index contributed by atoms with van der Waals surface area (Å²) < 4.78 is 215. The summed E-state index contributed by atoms with van der Waals surface area (Å²) in [6.07, 6.45) is 5.39. The molecule has 0 atom stereocenters. The average Bonchev–Trinajstić information content (AvgIpc) is 1.30. The number of halogens is 9. The normalized spacial score (nSPS) is 11.9. The van der Waals surface area contributed by atoms with Crippen molar-refractivity contribution in [3.05, 3.63) is 213 Å². The van der Waals surface area contributed by atoms with Gasteiger partial charge < -0.3 is 26.8 Å². The highest BCUT2D eigenvalue weighted by Gasteiger charge is 2.34. The number of nitrogens with zero attached hydrogens (tertiary/aromatic N) is 9. The Morgan fingerprint density at radius 3 is 0.940 bits per heavy atom. The fraction of sp³-hybridized carbons (Fsp3) is 0.256. The highest BCUT2D eigenvalue weighted by Crippen LogP contribution is 2.46. The second-order valence-corrected chi connectivity index (χ2v) is 36.6. The molecular formula is C78H77F9N16O8S6. The molecule has 0 saturated heterocycles. The molecule has 24 nitrogen and oxygen atoms in total. The van der Waals surface area contributed by atoms with Gasteiger partial charge in [-0.15, -0.1) is 34.0 Å². The van der Waals surface area contributed by atoms with Crippen LogP contribution in [0.15, 0.2) is 161 Å². The summed E-state index contributed by atoms with van der Waals surface area (Å²) in [5.41, 5.74) is 4.79. The number of aliphatic hydroxyl groups is 1. The van der Waals surface area contributed by atoms with Crippen molar-refractivity contribution in [3.63, 3.8) is 0 Å². The van der Waals surface area contributed by atoms with Gasteiger partial charge in [-0.05, 0) is 104 Å². The second-order valence-electron chi connectivity index (χ2n) is 28.7. The zero-order chi connectivity index (χ0) is 85.3. The van der Waals surface area contributed by atoms with Crippen LogP contribution in [0.4, 0.5) is 74.4 Å². The molecule has 12 rings (SSSR count). The van der Waals surface area contributed by atoms with Crippen LogP contribution in [-0.4, -0.2) is 114 Å². The van der Waals surface area contributed by atoms with E-state index in [2.05, 4.69) is 60.8 Å². The van der Waals surface area contributed by atoms with Crippen LogP contribution in [0, 0.1) is 52.4 Å². The Kier molecular flexibility index (Phi) is 27.7. The number of Topliss-reactive ketones (excluding diaryl/α,β-unsaturated/α-hetero) is 1. The number of nitrogens with one attached hydrogen (secondary N) is 6. The maximum absolute atomic E-state index is 15.9. The zero-order valence-corrected chi connectivity index (χ0v) is 69.0. The van der Waals surface area contributed by atoms with E-state index in [0.29, 0.717) is 91.2 Å². The summed E-state index contributed by atoms with van der Waals surface area (Å²) in [5.74, 6) is -9.82. The van der Waals surface area contributed by atoms with E-state index in [1.807, 2.05) is 76.5 Å². The van der Waals surface area contributed by atoms with Crippen molar-refractivity contribution >= 4 is 105 Å². The van der Waals surface area contributed by atoms with Crippen molar-refractivity contribution in [1.82, 2.24) is 44.9 Å². The molecular weight excluding hydrogens is 1650 g/mol. The molecule has 0 saturated carbocycles. The molecule has 12 aromatic rings. The fourth-order valence-corrected chi connectivity index (χ4v) is 17.6. The first kappa shape index (κ1) is 88.4. The number of aliphatic hydroxyl groups excluding tert-OH is 1. The van der Waals surface area contributed by atoms with E-state index >= 15 is 13.2 Å². The lowest BCUT2D eigenvalue weighted by Crippen LogP contribution is -2.17. The monoisotopic (exact) mass is 1730 g/mol. The molecule has 0 bridgehead atoms. The fourth-order valence-electron chi connectivity index (χ4n) is 10.7. The Labute approximate surface area is 680 Å². The number of aromatic nitrogens is 9. The summed E-state index contributed by atoms with van der Waals surface area (Å²) in [5, 5.41) is 20.1. The highest BCUT2D eigenvalue weighted by atomic mass is 32.2. The average molecular weight is 1730 g/mol. The third-order valence-electron chi connectivity index (χ3n) is 16.3. The quantitative estimate of drug-likeness (QED) is 0.0184. The van der Waals surface area contributed by atoms with Crippen molar-refractivity contribution in [1.29, 1.82) is 0 Å². The molecule has 0 spiro atoms. The van der Waals surface area contributed by atoms with Crippen molar-refractivity contribution in [2.45, 2.75) is 113 Å². The predicted molar refractivity (Wildman–Crippen MR) is 435 cm³/mol. The molecule has 6 heterocycles. The number of rotatable bonds is 26. The molecule has 6 aromatic carbocycles. The van der Waals surface area contributed by atoms with E-state index in [9.17, 15) is 56.4 Å². The van der Waals surface area contributed by atoms with Crippen LogP contribution in [0.5, 0.6) is 0 Å². The first-order chi connectivity index (χ1) is 55.1. The number of ketones is 1. The third kappa shape index (κ3) is 21.3. The van der Waals surface area contributed by atoms with E-state index in [4.69, 9.17) is 10.8 Å². The van der Waals surface area contributed by atoms with Gasteiger partial charge in [0, 0.05) is 90.7 Å². The highest BCUT2D eigenvalue weighted by molar-refractivity contribution is 7.93. The summed E-state index contributed by atoms with van der Waals surface area (Å²) in [6, 6.07) is 24.8. The predicted octanol–water partition coefficient (Wildman–Crippen LogP) is 16.9. The molecule has 0 amide bonds. The SMILES string of the molecule is CC(=O)CCNc1nccc(-c2sc(C(C)(C)C)nc2-c2cccc(NS(=O)(=O)c3c(F)cccc3F)c2F)n1.CC(C)(C)c1nc(-c2cccc(NS(=O)(=O)c3c(F)cccc3F)c2F)c(-c2ccnc(NCCCO)n2)s1.CC(C)(C)c1nc(-c2cccc(NS(=O)(=O)c3c(F)cccc3F)c2F)c(-c2ccnc(NCCN)n2)s1. The standard InChI is InChI=1S/C27H26F3N5O3S2.C26H26F3N5O3S2.C25H25F3N6O2S2/c1-15(36)11-13-31-26-32-14-12-20(33-26)23-22(34-25(39-23)27(2,3)4)16-7-5-10-19(21(16)30)35-40(37,38)24-17(28)8-6-9-18(24)29;1-26(2,3)24-33-21(22(38-24)19-11-13-31-25(32-19)30-12-6-14-35)15-7-4-10-18(20(15)29)34-39(36,37)23-16(27)8-5-9-17(23)28;1-25(2,3)23-33-20(21(37-23)18-10-12-30-24(32-18)31-13-11-29)14-6-4-9-17(19(14)28)34-38(35,36)22-15(26)7-5-8-16(22)27/h5-10,12,14,35H,11,13H2,1-4H3,(H,31,32,33);4-5,7-11,13,34-35H,6,12,14H2,1-3H3,(H,30,31,32);4-10,12,34H,11,13,29H2,1-3H3,(H,30,31,32). The van der Waals surface area contributed by atoms with E-state index < -0.39 is 125 Å². The Bertz CT molecular complexity index is 5960. The molecule has 9 N–H and O–H groups in total. The van der Waals surface area contributed by atoms with Gasteiger partial charge >= 0.3 is 0 Å². The molecule has 0 aliphatic carbocycles. The summed E-state index contributed by atoms with van der Waals surface area (Å²) in [4.78, 5) is 49.3. The largest absolute Gasteiger partial charge is 0.396 e.